The zero-order valence-corrected chi connectivity index (χ0v) is 25.6. The van der Waals surface area contributed by atoms with Gasteiger partial charge in [0, 0.05) is 17.2 Å². The van der Waals surface area contributed by atoms with E-state index in [1.807, 2.05) is 48.5 Å². The fourth-order valence-electron chi connectivity index (χ4n) is 6.05. The molecule has 48 heavy (non-hydrogen) atoms. The Morgan fingerprint density at radius 2 is 1.15 bits per heavy atom. The molecule has 0 fully saturated rings. The Bertz CT molecular complexity index is 2110. The third kappa shape index (κ3) is 5.20. The normalized spacial score (nSPS) is 11.8. The Morgan fingerprint density at radius 3 is 1.65 bits per heavy atom. The summed E-state index contributed by atoms with van der Waals surface area (Å²) < 4.78 is 59.1. The van der Waals surface area contributed by atoms with Crippen LogP contribution in [0.2, 0.25) is 0 Å². The minimum Gasteiger partial charge on any atom is -0.300 e. The van der Waals surface area contributed by atoms with Gasteiger partial charge in [-0.25, -0.2) is 0 Å². The number of hydrogen-bond donors (Lipinski definition) is 0. The van der Waals surface area contributed by atoms with Crippen LogP contribution in [0.15, 0.2) is 97.1 Å². The maximum atomic E-state index is 15.4. The first-order valence-electron chi connectivity index (χ1n) is 13.6. The molecular weight excluding hydrogens is 796 g/mol. The molecule has 0 atom stereocenters. The summed E-state index contributed by atoms with van der Waals surface area (Å²) in [5.41, 5.74) is 1.39. The van der Waals surface area contributed by atoms with Gasteiger partial charge < -0.3 is 0 Å². The molecule has 2 heterocycles. The van der Waals surface area contributed by atoms with Crippen molar-refractivity contribution in [3.63, 3.8) is 0 Å². The van der Waals surface area contributed by atoms with Crippen LogP contribution in [0.4, 0.5) is 23.2 Å². The van der Waals surface area contributed by atoms with Crippen LogP contribution in [0.25, 0.3) is 38.5 Å². The quantitative estimate of drug-likeness (QED) is 0.131. The van der Waals surface area contributed by atoms with E-state index >= 15 is 8.78 Å². The van der Waals surface area contributed by atoms with Crippen molar-refractivity contribution in [2.75, 3.05) is 0 Å². The van der Waals surface area contributed by atoms with Gasteiger partial charge in [-0.05, 0) is 45.8 Å². The van der Waals surface area contributed by atoms with E-state index < -0.39 is 39.9 Å². The van der Waals surface area contributed by atoms with Gasteiger partial charge in [-0.2, -0.15) is 5.26 Å². The molecule has 0 aliphatic heterocycles. The number of aromatic nitrogens is 2. The molecule has 238 valence electrons. The molecule has 0 amide bonds. The smallest absolute Gasteiger partial charge is 0.300 e. The van der Waals surface area contributed by atoms with Crippen LogP contribution in [-0.2, 0) is 26.5 Å². The number of halogens is 4. The monoisotopic (exact) mass is 819 g/mol. The number of nitrogens with zero attached hydrogens (tertiary/aromatic N) is 4. The van der Waals surface area contributed by atoms with Gasteiger partial charge in [-0.15, -0.1) is 29.8 Å². The predicted molar refractivity (Wildman–Crippen MR) is 172 cm³/mol. The largest absolute Gasteiger partial charge is 2.00 e. The first-order chi connectivity index (χ1) is 21.9. The molecule has 7 rings (SSSR count). The van der Waals surface area contributed by atoms with Gasteiger partial charge in [0.15, 0.2) is 5.69 Å². The van der Waals surface area contributed by atoms with Crippen molar-refractivity contribution in [2.24, 2.45) is 0 Å². The summed E-state index contributed by atoms with van der Waals surface area (Å²) in [4.78, 5) is 12.8. The fourth-order valence-corrected chi connectivity index (χ4v) is 6.05. The summed E-state index contributed by atoms with van der Waals surface area (Å²) in [5, 5.41) is 9.35. The second-order valence-corrected chi connectivity index (χ2v) is 10.3. The van der Waals surface area contributed by atoms with Crippen LogP contribution in [0.3, 0.4) is 0 Å². The molecule has 0 saturated heterocycles. The van der Waals surface area contributed by atoms with Gasteiger partial charge in [0.25, 0.3) is 0 Å². The molecule has 6 aromatic rings. The van der Waals surface area contributed by atoms with E-state index in [0.29, 0.717) is 11.4 Å². The Kier molecular flexibility index (Phi) is 10.1. The van der Waals surface area contributed by atoms with Gasteiger partial charge in [-0.1, -0.05) is 93.2 Å². The van der Waals surface area contributed by atoms with Gasteiger partial charge in [0.1, 0.15) is 5.41 Å². The van der Waals surface area contributed by atoms with Crippen molar-refractivity contribution in [3.05, 3.63) is 172 Å². The molecule has 9 heteroatoms. The molecule has 0 radical (unpaired) electrons. The van der Waals surface area contributed by atoms with E-state index in [-0.39, 0.29) is 58.4 Å². The number of fused-ring (bicyclic) bond motifs is 3. The van der Waals surface area contributed by atoms with Gasteiger partial charge >= 0.3 is 21.1 Å². The number of benzene rings is 4. The Hall–Kier alpha value is -5.43. The van der Waals surface area contributed by atoms with Crippen molar-refractivity contribution in [1.82, 2.24) is 9.97 Å². The summed E-state index contributed by atoms with van der Waals surface area (Å²) >= 11 is 0. The Labute approximate surface area is 290 Å². The maximum Gasteiger partial charge on any atom is 2.00 e. The molecule has 0 spiro atoms. The van der Waals surface area contributed by atoms with Crippen molar-refractivity contribution in [3.8, 4) is 39.7 Å². The van der Waals surface area contributed by atoms with Crippen molar-refractivity contribution in [2.45, 2.75) is 20.3 Å². The van der Waals surface area contributed by atoms with Crippen LogP contribution >= 0.6 is 0 Å². The zero-order valence-electron chi connectivity index (χ0n) is 23.4. The molecule has 0 unspecified atom stereocenters. The van der Waals surface area contributed by atoms with Gasteiger partial charge in [0.2, 0.25) is 0 Å². The van der Waals surface area contributed by atoms with E-state index in [9.17, 15) is 14.0 Å². The fraction of sp³-hybridized carbons (Fsp3) is 0.0769. The molecule has 1 aliphatic rings. The maximum absolute atomic E-state index is 15.4. The van der Waals surface area contributed by atoms with Crippen LogP contribution in [-0.4, -0.2) is 9.97 Å². The van der Waals surface area contributed by atoms with Crippen LogP contribution in [0.1, 0.15) is 42.9 Å². The van der Waals surface area contributed by atoms with E-state index in [1.165, 1.54) is 6.07 Å². The second-order valence-electron chi connectivity index (χ2n) is 10.3. The summed E-state index contributed by atoms with van der Waals surface area (Å²) in [5.74, 6) is -4.21. The molecular formula is C39H24F4N4Pt. The van der Waals surface area contributed by atoms with Crippen molar-refractivity contribution >= 4 is 5.69 Å². The average molecular weight is 820 g/mol. The standard InChI is InChI=1S/C37H16F4N4.2CH4.Pt/c1-43-36-29(39)19-17-24(35(36)41)31-13-7-15-33(45-31)37(26-10-4-2-8-21(26)22-9-3-5-11-27(22)37)32-14-6-12-30(44-32)23-16-18-28(38)25(20-42)34(23)40;;;/h2-15,18-19H;2*1H4;/q-2;;;+2. The van der Waals surface area contributed by atoms with E-state index in [0.717, 1.165) is 34.4 Å². The molecule has 0 bridgehead atoms. The summed E-state index contributed by atoms with van der Waals surface area (Å²) in [6.07, 6.45) is 0. The Morgan fingerprint density at radius 1 is 0.667 bits per heavy atom. The first kappa shape index (κ1) is 35.4. The Balaban J connectivity index is 0.00000173. The van der Waals surface area contributed by atoms with Crippen LogP contribution < -0.4 is 0 Å². The minimum absolute atomic E-state index is 0. The number of nitriles is 1. The number of hydrogen-bond acceptors (Lipinski definition) is 3. The third-order valence-corrected chi connectivity index (χ3v) is 7.97. The molecule has 1 aliphatic carbocycles. The SMILES string of the molecule is C.C.[C-]#[N+]c1c(F)c[c-]c(-c2cccc(C3(c4cccc(-c5[c-]cc(F)c(C#N)c5F)n4)c4ccccc4-c4ccccc43)n2)c1F.[Pt+2]. The molecule has 2 aromatic heterocycles. The third-order valence-electron chi connectivity index (χ3n) is 7.97. The summed E-state index contributed by atoms with van der Waals surface area (Å²) in [6, 6.07) is 33.8. The van der Waals surface area contributed by atoms with Crippen LogP contribution in [0.5, 0.6) is 0 Å². The average Bonchev–Trinajstić information content (AvgIpc) is 3.37. The second kappa shape index (κ2) is 13.7. The van der Waals surface area contributed by atoms with E-state index in [4.69, 9.17) is 16.5 Å². The number of pyridine rings is 2. The molecule has 0 saturated carbocycles. The first-order valence-corrected chi connectivity index (χ1v) is 13.6. The van der Waals surface area contributed by atoms with Crippen molar-refractivity contribution in [1.29, 1.82) is 5.26 Å². The van der Waals surface area contributed by atoms with Gasteiger partial charge in [-0.3, -0.25) is 32.4 Å². The minimum atomic E-state index is -1.22. The predicted octanol–water partition coefficient (Wildman–Crippen LogP) is 10.0. The summed E-state index contributed by atoms with van der Waals surface area (Å²) in [6.45, 7) is 7.25. The zero-order chi connectivity index (χ0) is 31.3. The molecule has 0 N–H and O–H groups in total. The summed E-state index contributed by atoms with van der Waals surface area (Å²) in [7, 11) is 0. The van der Waals surface area contributed by atoms with E-state index in [1.54, 1.807) is 36.4 Å². The number of rotatable bonds is 4. The van der Waals surface area contributed by atoms with Gasteiger partial charge in [0.05, 0.1) is 35.7 Å². The van der Waals surface area contributed by atoms with Crippen molar-refractivity contribution < 1.29 is 38.6 Å². The van der Waals surface area contributed by atoms with Crippen LogP contribution in [0, 0.1) is 53.3 Å². The van der Waals surface area contributed by atoms with E-state index in [2.05, 4.69) is 17.0 Å². The molecule has 4 aromatic carbocycles. The topological polar surface area (TPSA) is 53.9 Å². The molecule has 4 nitrogen and oxygen atoms in total.